The number of hydrogen-bond donors (Lipinski definition) is 0. The first-order valence-corrected chi connectivity index (χ1v) is 14.8. The van der Waals surface area contributed by atoms with Crippen LogP contribution in [0.5, 0.6) is 0 Å². The standard InChI is InChI=1S/C24H19N3O4S2.C5H12/c1-14(28)16-4-2-3-15-10-27(25-22(15)16)19-13-32-11-17(19)18-12-33-24-20(29)9-21(31-23(18)24)26-5-7-30-8-6-26;1-3-5-4-2/h2-4,9-13H,5-8H2,1H3;3-5H2,1-2H3. The van der Waals surface area contributed by atoms with Gasteiger partial charge in [0.25, 0.3) is 0 Å². The molecule has 5 aromatic rings. The van der Waals surface area contributed by atoms with Crippen LogP contribution in [-0.2, 0) is 4.74 Å². The number of Topliss-reactive ketones (excluding diaryl/α,β-unsaturated/α-hetero) is 1. The number of ketones is 1. The van der Waals surface area contributed by atoms with Crippen molar-refractivity contribution in [2.45, 2.75) is 40.0 Å². The van der Waals surface area contributed by atoms with E-state index < -0.39 is 0 Å². The summed E-state index contributed by atoms with van der Waals surface area (Å²) in [5, 5.41) is 11.6. The maximum absolute atomic E-state index is 12.8. The van der Waals surface area contributed by atoms with Gasteiger partial charge in [0.15, 0.2) is 17.3 Å². The molecule has 9 heteroatoms. The van der Waals surface area contributed by atoms with Crippen LogP contribution >= 0.6 is 22.7 Å². The van der Waals surface area contributed by atoms with Crippen molar-refractivity contribution in [3.63, 3.8) is 0 Å². The molecular formula is C29H31N3O4S2. The van der Waals surface area contributed by atoms with Crippen LogP contribution in [0.2, 0.25) is 0 Å². The third kappa shape index (κ3) is 5.18. The summed E-state index contributed by atoms with van der Waals surface area (Å²) in [6.07, 6.45) is 6.00. The van der Waals surface area contributed by atoms with E-state index >= 15 is 0 Å². The molecule has 0 unspecified atom stereocenters. The van der Waals surface area contributed by atoms with Gasteiger partial charge in [0.05, 0.1) is 18.9 Å². The molecule has 0 bridgehead atoms. The molecule has 1 fully saturated rings. The Bertz CT molecular complexity index is 1620. The monoisotopic (exact) mass is 549 g/mol. The van der Waals surface area contributed by atoms with Gasteiger partial charge in [-0.15, -0.1) is 22.7 Å². The number of rotatable bonds is 6. The number of benzene rings is 1. The average Bonchev–Trinajstić information content (AvgIpc) is 3.67. The zero-order valence-corrected chi connectivity index (χ0v) is 23.5. The van der Waals surface area contributed by atoms with Crippen molar-refractivity contribution in [1.29, 1.82) is 0 Å². The lowest BCUT2D eigenvalue weighted by molar-refractivity contribution is 0.101. The van der Waals surface area contributed by atoms with Crippen molar-refractivity contribution in [2.75, 3.05) is 31.2 Å². The Kier molecular flexibility index (Phi) is 8.06. The van der Waals surface area contributed by atoms with Crippen molar-refractivity contribution in [3.8, 4) is 16.8 Å². The molecule has 0 N–H and O–H groups in total. The van der Waals surface area contributed by atoms with E-state index in [0.717, 1.165) is 22.2 Å². The van der Waals surface area contributed by atoms with Crippen molar-refractivity contribution in [3.05, 3.63) is 62.4 Å². The summed E-state index contributed by atoms with van der Waals surface area (Å²) in [6, 6.07) is 7.19. The Hall–Kier alpha value is -3.27. The molecule has 0 amide bonds. The topological polar surface area (TPSA) is 77.6 Å². The first-order valence-electron chi connectivity index (χ1n) is 13.0. The zero-order valence-electron chi connectivity index (χ0n) is 21.9. The Balaban J connectivity index is 0.000000540. The molecule has 5 heterocycles. The number of hydrogen-bond acceptors (Lipinski definition) is 8. The van der Waals surface area contributed by atoms with Gasteiger partial charge in [-0.1, -0.05) is 45.2 Å². The third-order valence-electron chi connectivity index (χ3n) is 6.55. The Morgan fingerprint density at radius 1 is 1.08 bits per heavy atom. The van der Waals surface area contributed by atoms with Crippen LogP contribution in [-0.4, -0.2) is 41.9 Å². The number of anilines is 1. The van der Waals surface area contributed by atoms with E-state index in [9.17, 15) is 9.59 Å². The predicted molar refractivity (Wildman–Crippen MR) is 157 cm³/mol. The highest BCUT2D eigenvalue weighted by atomic mass is 32.1. The highest BCUT2D eigenvalue weighted by Gasteiger charge is 2.21. The first-order chi connectivity index (χ1) is 18.5. The van der Waals surface area contributed by atoms with Gasteiger partial charge in [-0.3, -0.25) is 9.59 Å². The molecular weight excluding hydrogens is 518 g/mol. The summed E-state index contributed by atoms with van der Waals surface area (Å²) in [6.45, 7) is 8.58. The minimum Gasteiger partial charge on any atom is -0.439 e. The molecule has 7 nitrogen and oxygen atoms in total. The minimum atomic E-state index is -0.0401. The lowest BCUT2D eigenvalue weighted by Crippen LogP contribution is -2.36. The van der Waals surface area contributed by atoms with Gasteiger partial charge < -0.3 is 14.1 Å². The molecule has 4 aromatic heterocycles. The van der Waals surface area contributed by atoms with Gasteiger partial charge in [0.1, 0.15) is 10.2 Å². The second kappa shape index (κ2) is 11.6. The SMILES string of the molecule is CC(=O)c1cccc2cn(-c3cscc3-c3csc4c(=O)cc(N5CCOCC5)oc34)nc12.CCCCC. The molecule has 198 valence electrons. The summed E-state index contributed by atoms with van der Waals surface area (Å²) in [4.78, 5) is 26.9. The van der Waals surface area contributed by atoms with E-state index in [4.69, 9.17) is 14.3 Å². The summed E-state index contributed by atoms with van der Waals surface area (Å²) in [7, 11) is 0. The number of unbranched alkanes of at least 4 members (excludes halogenated alkanes) is 2. The third-order valence-corrected chi connectivity index (χ3v) is 8.26. The molecule has 1 saturated heterocycles. The average molecular weight is 550 g/mol. The van der Waals surface area contributed by atoms with Gasteiger partial charge in [-0.2, -0.15) is 5.10 Å². The molecule has 1 aromatic carbocycles. The number of aromatic nitrogens is 2. The second-order valence-electron chi connectivity index (χ2n) is 9.25. The molecule has 0 spiro atoms. The maximum atomic E-state index is 12.8. The van der Waals surface area contributed by atoms with Crippen molar-refractivity contribution < 1.29 is 13.9 Å². The molecule has 0 saturated carbocycles. The van der Waals surface area contributed by atoms with Gasteiger partial charge >= 0.3 is 0 Å². The summed E-state index contributed by atoms with van der Waals surface area (Å²) in [5.74, 6) is 0.556. The first kappa shape index (κ1) is 26.3. The normalized spacial score (nSPS) is 13.6. The van der Waals surface area contributed by atoms with E-state index in [1.54, 1.807) is 35.1 Å². The van der Waals surface area contributed by atoms with Crippen LogP contribution in [0.15, 0.2) is 55.8 Å². The van der Waals surface area contributed by atoms with Gasteiger partial charge in [0.2, 0.25) is 5.43 Å². The summed E-state index contributed by atoms with van der Waals surface area (Å²) < 4.78 is 14.1. The second-order valence-corrected chi connectivity index (χ2v) is 10.9. The highest BCUT2D eigenvalue weighted by Crippen LogP contribution is 2.39. The molecule has 38 heavy (non-hydrogen) atoms. The molecule has 1 aliphatic rings. The quantitative estimate of drug-likeness (QED) is 0.209. The number of fused-ring (bicyclic) bond motifs is 2. The van der Waals surface area contributed by atoms with Gasteiger partial charge in [0, 0.05) is 63.6 Å². The zero-order chi connectivity index (χ0) is 26.6. The number of nitrogens with zero attached hydrogens (tertiary/aromatic N) is 3. The number of morpholine rings is 1. The number of thiophene rings is 2. The van der Waals surface area contributed by atoms with E-state index in [2.05, 4.69) is 13.8 Å². The van der Waals surface area contributed by atoms with Gasteiger partial charge in [-0.25, -0.2) is 4.68 Å². The van der Waals surface area contributed by atoms with Crippen LogP contribution in [0.1, 0.15) is 50.4 Å². The number of carbonyl (C=O) groups is 1. The van der Waals surface area contributed by atoms with Crippen LogP contribution in [0.25, 0.3) is 38.0 Å². The van der Waals surface area contributed by atoms with Crippen LogP contribution in [0.3, 0.4) is 0 Å². The minimum absolute atomic E-state index is 0.0161. The largest absolute Gasteiger partial charge is 0.439 e. The van der Waals surface area contributed by atoms with E-state index in [1.807, 2.05) is 39.4 Å². The fourth-order valence-electron chi connectivity index (χ4n) is 4.53. The van der Waals surface area contributed by atoms with Crippen LogP contribution in [0.4, 0.5) is 5.88 Å². The highest BCUT2D eigenvalue weighted by molar-refractivity contribution is 7.17. The predicted octanol–water partition coefficient (Wildman–Crippen LogP) is 7.16. The van der Waals surface area contributed by atoms with Crippen LogP contribution in [0, 0.1) is 0 Å². The van der Waals surface area contributed by atoms with E-state index in [-0.39, 0.29) is 11.2 Å². The lowest BCUT2D eigenvalue weighted by Gasteiger charge is -2.27. The van der Waals surface area contributed by atoms with Crippen molar-refractivity contribution >= 4 is 55.5 Å². The van der Waals surface area contributed by atoms with Crippen molar-refractivity contribution in [1.82, 2.24) is 9.78 Å². The number of ether oxygens (including phenoxy) is 1. The molecule has 0 aliphatic carbocycles. The molecule has 0 radical (unpaired) electrons. The fourth-order valence-corrected chi connectivity index (χ4v) is 6.25. The maximum Gasteiger partial charge on any atom is 0.204 e. The molecule has 6 rings (SSSR count). The fraction of sp³-hybridized carbons (Fsp3) is 0.345. The molecule has 1 aliphatic heterocycles. The van der Waals surface area contributed by atoms with E-state index in [1.165, 1.54) is 30.6 Å². The Labute approximate surface area is 229 Å². The lowest BCUT2D eigenvalue weighted by atomic mass is 10.1. The van der Waals surface area contributed by atoms with Gasteiger partial charge in [-0.05, 0) is 13.0 Å². The van der Waals surface area contributed by atoms with E-state index in [0.29, 0.717) is 53.6 Å². The summed E-state index contributed by atoms with van der Waals surface area (Å²) in [5.41, 5.74) is 4.51. The molecule has 0 atom stereocenters. The Morgan fingerprint density at radius 3 is 2.58 bits per heavy atom. The van der Waals surface area contributed by atoms with Crippen LogP contribution < -0.4 is 10.3 Å². The summed E-state index contributed by atoms with van der Waals surface area (Å²) >= 11 is 2.95. The smallest absolute Gasteiger partial charge is 0.204 e. The number of carbonyl (C=O) groups excluding carboxylic acids is 1. The van der Waals surface area contributed by atoms with Crippen molar-refractivity contribution in [2.24, 2.45) is 0 Å². The Morgan fingerprint density at radius 2 is 1.87 bits per heavy atom.